The van der Waals surface area contributed by atoms with Gasteiger partial charge in [-0.1, -0.05) is 51.1 Å². The fraction of sp³-hybridized carbons (Fsp3) is 0.400. The number of aromatic nitrogens is 4. The van der Waals surface area contributed by atoms with E-state index < -0.39 is 0 Å². The number of nitrogens with zero attached hydrogens (tertiary/aromatic N) is 5. The Labute approximate surface area is 158 Å². The molecule has 2 atom stereocenters. The third-order valence-electron chi connectivity index (χ3n) is 4.83. The van der Waals surface area contributed by atoms with E-state index >= 15 is 0 Å². The quantitative estimate of drug-likeness (QED) is 0.698. The highest BCUT2D eigenvalue weighted by Crippen LogP contribution is 2.33. The molecule has 7 nitrogen and oxygen atoms in total. The largest absolute Gasteiger partial charge is 0.366 e. The van der Waals surface area contributed by atoms with Crippen LogP contribution in [0.25, 0.3) is 5.78 Å². The molecular formula is C20H23N5O2. The first-order chi connectivity index (χ1) is 12.9. The third-order valence-corrected chi connectivity index (χ3v) is 4.83. The fourth-order valence-electron chi connectivity index (χ4n) is 3.22. The molecule has 3 aromatic rings. The van der Waals surface area contributed by atoms with Gasteiger partial charge in [0.25, 0.3) is 11.7 Å². The first-order valence-corrected chi connectivity index (χ1v) is 9.09. The van der Waals surface area contributed by atoms with E-state index in [0.717, 1.165) is 5.56 Å². The summed E-state index contributed by atoms with van der Waals surface area (Å²) in [5.74, 6) is 0.384. The normalized spacial score (nSPS) is 20.8. The van der Waals surface area contributed by atoms with Crippen molar-refractivity contribution in [2.75, 3.05) is 13.1 Å². The van der Waals surface area contributed by atoms with E-state index in [0.29, 0.717) is 18.9 Å². The summed E-state index contributed by atoms with van der Waals surface area (Å²) in [6.07, 6.45) is 3.10. The molecule has 1 aliphatic heterocycles. The zero-order valence-electron chi connectivity index (χ0n) is 15.7. The van der Waals surface area contributed by atoms with Crippen molar-refractivity contribution in [2.24, 2.45) is 5.41 Å². The third kappa shape index (κ3) is 3.55. The van der Waals surface area contributed by atoms with Gasteiger partial charge in [-0.3, -0.25) is 4.79 Å². The van der Waals surface area contributed by atoms with Crippen LogP contribution >= 0.6 is 0 Å². The lowest BCUT2D eigenvalue weighted by molar-refractivity contribution is -0.119. The minimum atomic E-state index is -0.195. The van der Waals surface area contributed by atoms with Gasteiger partial charge in [-0.2, -0.15) is 4.98 Å². The van der Waals surface area contributed by atoms with Crippen LogP contribution in [-0.4, -0.2) is 49.6 Å². The SMILES string of the molecule is CC(C)(C)[C@H]1CN(C(=O)c2nc3ncccn3n2)C[C@@H](c2ccccc2)O1. The van der Waals surface area contributed by atoms with Gasteiger partial charge >= 0.3 is 0 Å². The van der Waals surface area contributed by atoms with Crippen molar-refractivity contribution in [1.82, 2.24) is 24.5 Å². The van der Waals surface area contributed by atoms with Gasteiger partial charge in [0.1, 0.15) is 6.10 Å². The molecule has 0 unspecified atom stereocenters. The van der Waals surface area contributed by atoms with Crippen LogP contribution in [0.15, 0.2) is 48.8 Å². The molecule has 2 aromatic heterocycles. The number of morpholine rings is 1. The number of fused-ring (bicyclic) bond motifs is 1. The summed E-state index contributed by atoms with van der Waals surface area (Å²) < 4.78 is 7.88. The van der Waals surface area contributed by atoms with Crippen LogP contribution in [0.1, 0.15) is 43.1 Å². The molecule has 0 aliphatic carbocycles. The van der Waals surface area contributed by atoms with Crippen LogP contribution < -0.4 is 0 Å². The first-order valence-electron chi connectivity index (χ1n) is 9.09. The molecule has 1 aliphatic rings. The molecule has 0 radical (unpaired) electrons. The van der Waals surface area contributed by atoms with Crippen molar-refractivity contribution in [1.29, 1.82) is 0 Å². The van der Waals surface area contributed by atoms with E-state index in [4.69, 9.17) is 4.74 Å². The molecule has 0 spiro atoms. The molecule has 1 amide bonds. The highest BCUT2D eigenvalue weighted by Gasteiger charge is 2.38. The van der Waals surface area contributed by atoms with Gasteiger partial charge in [0.05, 0.1) is 12.6 Å². The van der Waals surface area contributed by atoms with Gasteiger partial charge in [-0.25, -0.2) is 9.50 Å². The maximum Gasteiger partial charge on any atom is 0.293 e. The molecule has 0 saturated carbocycles. The molecule has 4 rings (SSSR count). The van der Waals surface area contributed by atoms with Gasteiger partial charge in [0, 0.05) is 18.9 Å². The Morgan fingerprint density at radius 3 is 2.63 bits per heavy atom. The predicted molar refractivity (Wildman–Crippen MR) is 100 cm³/mol. The summed E-state index contributed by atoms with van der Waals surface area (Å²) in [4.78, 5) is 23.3. The fourth-order valence-corrected chi connectivity index (χ4v) is 3.22. The highest BCUT2D eigenvalue weighted by atomic mass is 16.5. The molecule has 3 heterocycles. The van der Waals surface area contributed by atoms with Gasteiger partial charge < -0.3 is 9.64 Å². The minimum absolute atomic E-state index is 0.0874. The van der Waals surface area contributed by atoms with Crippen molar-refractivity contribution in [2.45, 2.75) is 33.0 Å². The van der Waals surface area contributed by atoms with Crippen LogP contribution in [0.5, 0.6) is 0 Å². The van der Waals surface area contributed by atoms with Crippen LogP contribution in [-0.2, 0) is 4.74 Å². The Bertz CT molecular complexity index is 915. The van der Waals surface area contributed by atoms with E-state index in [1.165, 1.54) is 4.52 Å². The number of hydrogen-bond acceptors (Lipinski definition) is 5. The summed E-state index contributed by atoms with van der Waals surface area (Å²) in [6, 6.07) is 11.8. The number of benzene rings is 1. The lowest BCUT2D eigenvalue weighted by Crippen LogP contribution is -2.51. The molecule has 1 fully saturated rings. The standard InChI is InChI=1S/C20H23N5O2/c1-20(2,3)16-13-24(12-15(27-16)14-8-5-4-6-9-14)18(26)17-22-19-21-10-7-11-25(19)23-17/h4-11,15-16H,12-13H2,1-3H3/t15-,16+/m0/s1. The Kier molecular flexibility index (Phi) is 4.39. The average molecular weight is 365 g/mol. The smallest absolute Gasteiger partial charge is 0.293 e. The van der Waals surface area contributed by atoms with Gasteiger partial charge in [0.2, 0.25) is 5.82 Å². The van der Waals surface area contributed by atoms with Crippen molar-refractivity contribution < 1.29 is 9.53 Å². The molecule has 140 valence electrons. The molecule has 1 aromatic carbocycles. The summed E-state index contributed by atoms with van der Waals surface area (Å²) >= 11 is 0. The maximum absolute atomic E-state index is 13.1. The number of carbonyl (C=O) groups excluding carboxylic acids is 1. The molecular weight excluding hydrogens is 342 g/mol. The van der Waals surface area contributed by atoms with Gasteiger partial charge in [0.15, 0.2) is 0 Å². The Balaban J connectivity index is 1.64. The molecule has 1 saturated heterocycles. The van der Waals surface area contributed by atoms with Gasteiger partial charge in [-0.15, -0.1) is 5.10 Å². The molecule has 0 N–H and O–H groups in total. The predicted octanol–water partition coefficient (Wildman–Crippen LogP) is 2.75. The molecule has 0 bridgehead atoms. The summed E-state index contributed by atoms with van der Waals surface area (Å²) in [5, 5.41) is 4.28. The topological polar surface area (TPSA) is 72.6 Å². The Hall–Kier alpha value is -2.80. The van der Waals surface area contributed by atoms with Crippen LogP contribution in [0.2, 0.25) is 0 Å². The average Bonchev–Trinajstić information content (AvgIpc) is 3.11. The van der Waals surface area contributed by atoms with Crippen molar-refractivity contribution in [3.63, 3.8) is 0 Å². The second-order valence-electron chi connectivity index (χ2n) is 7.90. The zero-order chi connectivity index (χ0) is 19.0. The van der Waals surface area contributed by atoms with Crippen LogP contribution in [0.3, 0.4) is 0 Å². The van der Waals surface area contributed by atoms with Crippen molar-refractivity contribution in [3.8, 4) is 0 Å². The summed E-state index contributed by atoms with van der Waals surface area (Å²) in [5.41, 5.74) is 0.966. The molecule has 27 heavy (non-hydrogen) atoms. The van der Waals surface area contributed by atoms with Crippen molar-refractivity contribution >= 4 is 11.7 Å². The Morgan fingerprint density at radius 2 is 1.93 bits per heavy atom. The van der Waals surface area contributed by atoms with E-state index in [1.54, 1.807) is 23.4 Å². The van der Waals surface area contributed by atoms with Gasteiger partial charge in [-0.05, 0) is 17.0 Å². The number of hydrogen-bond donors (Lipinski definition) is 0. The minimum Gasteiger partial charge on any atom is -0.366 e. The number of ether oxygens (including phenoxy) is 1. The lowest BCUT2D eigenvalue weighted by Gasteiger charge is -2.43. The molecule has 7 heteroatoms. The van der Waals surface area contributed by atoms with E-state index in [9.17, 15) is 4.79 Å². The van der Waals surface area contributed by atoms with Crippen molar-refractivity contribution in [3.05, 3.63) is 60.2 Å². The van der Waals surface area contributed by atoms with Crippen LogP contribution in [0, 0.1) is 5.41 Å². The maximum atomic E-state index is 13.1. The lowest BCUT2D eigenvalue weighted by atomic mass is 9.87. The van der Waals surface area contributed by atoms with E-state index in [2.05, 4.69) is 35.8 Å². The van der Waals surface area contributed by atoms with Crippen LogP contribution in [0.4, 0.5) is 0 Å². The first kappa shape index (κ1) is 17.6. The second-order valence-corrected chi connectivity index (χ2v) is 7.90. The van der Waals surface area contributed by atoms with E-state index in [1.807, 2.05) is 30.3 Å². The zero-order valence-corrected chi connectivity index (χ0v) is 15.7. The monoisotopic (exact) mass is 365 g/mol. The Morgan fingerprint density at radius 1 is 1.15 bits per heavy atom. The second kappa shape index (κ2) is 6.74. The van der Waals surface area contributed by atoms with E-state index in [-0.39, 0.29) is 29.4 Å². The number of carbonyl (C=O) groups is 1. The summed E-state index contributed by atoms with van der Waals surface area (Å²) in [7, 11) is 0. The highest BCUT2D eigenvalue weighted by molar-refractivity contribution is 5.91. The number of rotatable bonds is 2. The summed E-state index contributed by atoms with van der Waals surface area (Å²) in [6.45, 7) is 7.36. The number of amides is 1.